The van der Waals surface area contributed by atoms with Crippen molar-refractivity contribution in [3.63, 3.8) is 0 Å². The molecule has 1 aliphatic rings. The van der Waals surface area contributed by atoms with E-state index in [4.69, 9.17) is 0 Å². The van der Waals surface area contributed by atoms with E-state index in [-0.39, 0.29) is 11.6 Å². The first-order chi connectivity index (χ1) is 10.1. The fourth-order valence-corrected chi connectivity index (χ4v) is 2.76. The summed E-state index contributed by atoms with van der Waals surface area (Å²) in [5, 5.41) is 13.7. The van der Waals surface area contributed by atoms with Crippen LogP contribution in [0.25, 0.3) is 0 Å². The maximum absolute atomic E-state index is 12.5. The molecular formula is C15H21N3O3. The van der Waals surface area contributed by atoms with E-state index in [1.807, 2.05) is 4.90 Å². The van der Waals surface area contributed by atoms with Gasteiger partial charge >= 0.3 is 0 Å². The molecule has 1 aliphatic heterocycles. The largest absolute Gasteiger partial charge is 0.383 e. The van der Waals surface area contributed by atoms with Gasteiger partial charge in [0.1, 0.15) is 5.69 Å². The molecule has 0 saturated carbocycles. The third kappa shape index (κ3) is 3.32. The Morgan fingerprint density at radius 3 is 2.62 bits per heavy atom. The van der Waals surface area contributed by atoms with E-state index in [1.165, 1.54) is 12.1 Å². The van der Waals surface area contributed by atoms with E-state index in [2.05, 4.69) is 12.2 Å². The minimum Gasteiger partial charge on any atom is -0.383 e. The number of anilines is 1. The van der Waals surface area contributed by atoms with Gasteiger partial charge in [0.2, 0.25) is 0 Å². The third-order valence-electron chi connectivity index (χ3n) is 4.19. The number of nitrogens with one attached hydrogen (secondary N) is 1. The lowest BCUT2D eigenvalue weighted by Crippen LogP contribution is -2.38. The molecular weight excluding hydrogens is 270 g/mol. The van der Waals surface area contributed by atoms with Gasteiger partial charge in [-0.1, -0.05) is 13.3 Å². The summed E-state index contributed by atoms with van der Waals surface area (Å²) < 4.78 is 0. The predicted molar refractivity (Wildman–Crippen MR) is 81.6 cm³/mol. The predicted octanol–water partition coefficient (Wildman–Crippen LogP) is 2.90. The van der Waals surface area contributed by atoms with Crippen molar-refractivity contribution in [2.75, 3.05) is 25.5 Å². The van der Waals surface area contributed by atoms with Gasteiger partial charge < -0.3 is 10.2 Å². The normalized spacial score (nSPS) is 15.8. The molecule has 21 heavy (non-hydrogen) atoms. The number of amides is 1. The van der Waals surface area contributed by atoms with Crippen molar-refractivity contribution < 1.29 is 9.72 Å². The lowest BCUT2D eigenvalue weighted by Gasteiger charge is -2.31. The van der Waals surface area contributed by atoms with Crippen LogP contribution in [0.3, 0.4) is 0 Å². The van der Waals surface area contributed by atoms with Gasteiger partial charge in [0.15, 0.2) is 0 Å². The number of rotatable bonds is 4. The Labute approximate surface area is 124 Å². The lowest BCUT2D eigenvalue weighted by atomic mass is 9.94. The molecule has 1 saturated heterocycles. The second-order valence-electron chi connectivity index (χ2n) is 5.38. The second-order valence-corrected chi connectivity index (χ2v) is 5.38. The standard InChI is InChI=1S/C15H21N3O3/c1-3-11-6-8-17(9-7-11)15(19)12-4-5-14(18(20)21)13(10-12)16-2/h4-5,10-11,16H,3,6-9H2,1-2H3. The first kappa shape index (κ1) is 15.3. The summed E-state index contributed by atoms with van der Waals surface area (Å²) >= 11 is 0. The molecule has 1 aromatic rings. The molecule has 1 fully saturated rings. The van der Waals surface area contributed by atoms with Crippen molar-refractivity contribution in [3.05, 3.63) is 33.9 Å². The molecule has 1 amide bonds. The lowest BCUT2D eigenvalue weighted by molar-refractivity contribution is -0.383. The fraction of sp³-hybridized carbons (Fsp3) is 0.533. The highest BCUT2D eigenvalue weighted by Gasteiger charge is 2.24. The van der Waals surface area contributed by atoms with Gasteiger partial charge in [-0.25, -0.2) is 0 Å². The summed E-state index contributed by atoms with van der Waals surface area (Å²) in [6.45, 7) is 3.71. The summed E-state index contributed by atoms with van der Waals surface area (Å²) in [4.78, 5) is 24.8. The Morgan fingerprint density at radius 1 is 1.43 bits per heavy atom. The van der Waals surface area contributed by atoms with Crippen molar-refractivity contribution in [3.8, 4) is 0 Å². The van der Waals surface area contributed by atoms with Crippen LogP contribution in [-0.2, 0) is 0 Å². The van der Waals surface area contributed by atoms with Crippen LogP contribution in [-0.4, -0.2) is 35.9 Å². The van der Waals surface area contributed by atoms with E-state index >= 15 is 0 Å². The van der Waals surface area contributed by atoms with Gasteiger partial charge in [-0.05, 0) is 30.9 Å². The number of likely N-dealkylation sites (tertiary alicyclic amines) is 1. The summed E-state index contributed by atoms with van der Waals surface area (Å²) in [7, 11) is 1.61. The van der Waals surface area contributed by atoms with Crippen LogP contribution in [0.2, 0.25) is 0 Å². The average Bonchev–Trinajstić information content (AvgIpc) is 2.53. The van der Waals surface area contributed by atoms with E-state index in [9.17, 15) is 14.9 Å². The SMILES string of the molecule is CCC1CCN(C(=O)c2ccc([N+](=O)[O-])c(NC)c2)CC1. The molecule has 0 radical (unpaired) electrons. The maximum atomic E-state index is 12.5. The van der Waals surface area contributed by atoms with Gasteiger partial charge in [0.25, 0.3) is 11.6 Å². The van der Waals surface area contributed by atoms with Crippen LogP contribution in [0.1, 0.15) is 36.5 Å². The zero-order valence-corrected chi connectivity index (χ0v) is 12.5. The van der Waals surface area contributed by atoms with Gasteiger partial charge in [0.05, 0.1) is 4.92 Å². The Hall–Kier alpha value is -2.11. The number of piperidine rings is 1. The molecule has 1 N–H and O–H groups in total. The zero-order chi connectivity index (χ0) is 15.4. The monoisotopic (exact) mass is 291 g/mol. The molecule has 114 valence electrons. The summed E-state index contributed by atoms with van der Waals surface area (Å²) in [5.41, 5.74) is 0.855. The molecule has 0 unspecified atom stereocenters. The highest BCUT2D eigenvalue weighted by molar-refractivity contribution is 5.96. The summed E-state index contributed by atoms with van der Waals surface area (Å²) in [5.74, 6) is 0.662. The number of nitro benzene ring substituents is 1. The molecule has 1 aromatic carbocycles. The fourth-order valence-electron chi connectivity index (χ4n) is 2.76. The summed E-state index contributed by atoms with van der Waals surface area (Å²) in [6.07, 6.45) is 3.23. The van der Waals surface area contributed by atoms with Crippen LogP contribution in [0.15, 0.2) is 18.2 Å². The quantitative estimate of drug-likeness (QED) is 0.683. The molecule has 0 spiro atoms. The number of nitrogens with zero attached hydrogens (tertiary/aromatic N) is 2. The molecule has 0 atom stereocenters. The molecule has 0 bridgehead atoms. The first-order valence-electron chi connectivity index (χ1n) is 7.32. The van der Waals surface area contributed by atoms with Crippen LogP contribution >= 0.6 is 0 Å². The van der Waals surface area contributed by atoms with Gasteiger partial charge in [-0.2, -0.15) is 0 Å². The Balaban J connectivity index is 2.15. The topological polar surface area (TPSA) is 75.5 Å². The van der Waals surface area contributed by atoms with Crippen molar-refractivity contribution in [2.45, 2.75) is 26.2 Å². The third-order valence-corrected chi connectivity index (χ3v) is 4.19. The molecule has 0 aliphatic carbocycles. The smallest absolute Gasteiger partial charge is 0.292 e. The van der Waals surface area contributed by atoms with Gasteiger partial charge in [0, 0.05) is 31.8 Å². The van der Waals surface area contributed by atoms with Gasteiger partial charge in [-0.15, -0.1) is 0 Å². The van der Waals surface area contributed by atoms with E-state index in [0.29, 0.717) is 17.2 Å². The molecule has 6 heteroatoms. The highest BCUT2D eigenvalue weighted by Crippen LogP contribution is 2.27. The number of hydrogen-bond donors (Lipinski definition) is 1. The molecule has 1 heterocycles. The minimum atomic E-state index is -0.452. The molecule has 6 nitrogen and oxygen atoms in total. The molecule has 0 aromatic heterocycles. The van der Waals surface area contributed by atoms with Gasteiger partial charge in [-0.3, -0.25) is 14.9 Å². The van der Waals surface area contributed by atoms with E-state index in [1.54, 1.807) is 13.1 Å². The minimum absolute atomic E-state index is 0.0151. The number of carbonyl (C=O) groups excluding carboxylic acids is 1. The van der Waals surface area contributed by atoms with Crippen LogP contribution < -0.4 is 5.32 Å². The number of benzene rings is 1. The van der Waals surface area contributed by atoms with E-state index in [0.717, 1.165) is 32.4 Å². The number of hydrogen-bond acceptors (Lipinski definition) is 4. The number of nitro groups is 1. The van der Waals surface area contributed by atoms with Crippen LogP contribution in [0.5, 0.6) is 0 Å². The zero-order valence-electron chi connectivity index (χ0n) is 12.5. The number of carbonyl (C=O) groups is 1. The highest BCUT2D eigenvalue weighted by atomic mass is 16.6. The van der Waals surface area contributed by atoms with Crippen LogP contribution in [0.4, 0.5) is 11.4 Å². The van der Waals surface area contributed by atoms with Crippen molar-refractivity contribution in [1.29, 1.82) is 0 Å². The van der Waals surface area contributed by atoms with Crippen molar-refractivity contribution in [1.82, 2.24) is 4.90 Å². The summed E-state index contributed by atoms with van der Waals surface area (Å²) in [6, 6.07) is 4.48. The van der Waals surface area contributed by atoms with Crippen molar-refractivity contribution in [2.24, 2.45) is 5.92 Å². The Kier molecular flexibility index (Phi) is 4.77. The Bertz CT molecular complexity index is 537. The maximum Gasteiger partial charge on any atom is 0.292 e. The molecule has 2 rings (SSSR count). The van der Waals surface area contributed by atoms with Crippen LogP contribution in [0, 0.1) is 16.0 Å². The van der Waals surface area contributed by atoms with Crippen molar-refractivity contribution >= 4 is 17.3 Å². The Morgan fingerprint density at radius 2 is 2.10 bits per heavy atom. The van der Waals surface area contributed by atoms with E-state index < -0.39 is 4.92 Å². The average molecular weight is 291 g/mol. The second kappa shape index (κ2) is 6.56. The first-order valence-corrected chi connectivity index (χ1v) is 7.32.